The summed E-state index contributed by atoms with van der Waals surface area (Å²) < 4.78 is 10.8. The number of amides is 1. The molecule has 0 N–H and O–H groups in total. The molecule has 0 atom stereocenters. The summed E-state index contributed by atoms with van der Waals surface area (Å²) in [6.45, 7) is 0.495. The van der Waals surface area contributed by atoms with Crippen molar-refractivity contribution in [2.24, 2.45) is 0 Å². The van der Waals surface area contributed by atoms with Crippen LogP contribution in [0.1, 0.15) is 16.7 Å². The quantitative estimate of drug-likeness (QED) is 0.276. The first kappa shape index (κ1) is 23.2. The number of rotatable bonds is 7. The second-order valence-electron chi connectivity index (χ2n) is 8.56. The third-order valence-electron chi connectivity index (χ3n) is 6.28. The number of carbonyl (C=O) groups excluding carboxylic acids is 1. The van der Waals surface area contributed by atoms with Gasteiger partial charge in [-0.15, -0.1) is 0 Å². The van der Waals surface area contributed by atoms with E-state index in [-0.39, 0.29) is 5.91 Å². The lowest BCUT2D eigenvalue weighted by atomic mass is 10.0. The molecule has 4 aromatic carbocycles. The fraction of sp³-hybridized carbons (Fsp3) is 0.0938. The number of benzene rings is 4. The molecule has 178 valence electrons. The zero-order valence-electron chi connectivity index (χ0n) is 20.3. The Morgan fingerprint density at radius 2 is 1.31 bits per heavy atom. The van der Waals surface area contributed by atoms with Crippen LogP contribution in [-0.4, -0.2) is 25.0 Å². The number of methoxy groups -OCH3 is 2. The largest absolute Gasteiger partial charge is 0.493 e. The molecular weight excluding hydrogens is 446 g/mol. The van der Waals surface area contributed by atoms with Crippen LogP contribution in [0.4, 0.5) is 0 Å². The lowest BCUT2D eigenvalue weighted by Crippen LogP contribution is -2.25. The fourth-order valence-corrected chi connectivity index (χ4v) is 4.40. The highest BCUT2D eigenvalue weighted by Crippen LogP contribution is 2.34. The van der Waals surface area contributed by atoms with Gasteiger partial charge in [-0.2, -0.15) is 0 Å². The second-order valence-corrected chi connectivity index (χ2v) is 8.56. The van der Waals surface area contributed by atoms with Crippen LogP contribution in [0.15, 0.2) is 115 Å². The van der Waals surface area contributed by atoms with Gasteiger partial charge >= 0.3 is 0 Å². The molecule has 4 nitrogen and oxygen atoms in total. The van der Waals surface area contributed by atoms with E-state index in [0.29, 0.717) is 23.6 Å². The van der Waals surface area contributed by atoms with E-state index in [1.54, 1.807) is 14.2 Å². The summed E-state index contributed by atoms with van der Waals surface area (Å²) in [6.07, 6.45) is 3.87. The van der Waals surface area contributed by atoms with Crippen molar-refractivity contribution in [3.63, 3.8) is 0 Å². The maximum absolute atomic E-state index is 13.6. The Hall–Kier alpha value is -4.57. The predicted octanol–water partition coefficient (Wildman–Crippen LogP) is 6.84. The highest BCUT2D eigenvalue weighted by Gasteiger charge is 2.29. The van der Waals surface area contributed by atoms with E-state index < -0.39 is 0 Å². The molecule has 0 bridgehead atoms. The van der Waals surface area contributed by atoms with Crippen molar-refractivity contribution in [3.05, 3.63) is 131 Å². The smallest absolute Gasteiger partial charge is 0.258 e. The van der Waals surface area contributed by atoms with Crippen molar-refractivity contribution >= 4 is 17.7 Å². The Balaban J connectivity index is 1.52. The van der Waals surface area contributed by atoms with E-state index in [2.05, 4.69) is 36.4 Å². The van der Waals surface area contributed by atoms with E-state index in [4.69, 9.17) is 9.47 Å². The SMILES string of the molecule is COc1ccc(/C=C2\C=C(c3ccc(-c4ccccc4)cc3)N(Cc3ccccc3)C2=O)cc1OC. The Bertz CT molecular complexity index is 1420. The van der Waals surface area contributed by atoms with Gasteiger partial charge in [0.25, 0.3) is 5.91 Å². The van der Waals surface area contributed by atoms with E-state index in [1.165, 1.54) is 0 Å². The number of ether oxygens (including phenoxy) is 2. The van der Waals surface area contributed by atoms with E-state index in [0.717, 1.165) is 33.5 Å². The van der Waals surface area contributed by atoms with E-state index >= 15 is 0 Å². The molecule has 0 fully saturated rings. The van der Waals surface area contributed by atoms with Crippen LogP contribution in [0.5, 0.6) is 11.5 Å². The van der Waals surface area contributed by atoms with Gasteiger partial charge in [-0.05, 0) is 52.1 Å². The first-order valence-electron chi connectivity index (χ1n) is 11.8. The van der Waals surface area contributed by atoms with Crippen LogP contribution >= 0.6 is 0 Å². The standard InChI is InChI=1S/C32H27NO3/c1-35-30-18-13-24(20-31(30)36-2)19-28-21-29(33(32(28)34)22-23-9-5-3-6-10-23)27-16-14-26(15-17-27)25-11-7-4-8-12-25/h3-21H,22H2,1-2H3/b28-19+. The number of hydrogen-bond acceptors (Lipinski definition) is 3. The van der Waals surface area contributed by atoms with Crippen molar-refractivity contribution in [3.8, 4) is 22.6 Å². The van der Waals surface area contributed by atoms with E-state index in [9.17, 15) is 4.79 Å². The van der Waals surface area contributed by atoms with Crippen LogP contribution in [0.3, 0.4) is 0 Å². The van der Waals surface area contributed by atoms with Gasteiger partial charge in [-0.25, -0.2) is 0 Å². The molecule has 5 rings (SSSR count). The molecule has 36 heavy (non-hydrogen) atoms. The minimum Gasteiger partial charge on any atom is -0.493 e. The molecule has 4 heteroatoms. The van der Waals surface area contributed by atoms with Gasteiger partial charge in [-0.1, -0.05) is 91.0 Å². The van der Waals surface area contributed by atoms with Crippen molar-refractivity contribution < 1.29 is 14.3 Å². The van der Waals surface area contributed by atoms with Crippen molar-refractivity contribution in [1.29, 1.82) is 0 Å². The predicted molar refractivity (Wildman–Crippen MR) is 144 cm³/mol. The summed E-state index contributed by atoms with van der Waals surface area (Å²) in [7, 11) is 3.21. The second kappa shape index (κ2) is 10.4. The van der Waals surface area contributed by atoms with Crippen molar-refractivity contribution in [1.82, 2.24) is 4.90 Å². The molecule has 1 aliphatic heterocycles. The van der Waals surface area contributed by atoms with Gasteiger partial charge in [0.2, 0.25) is 0 Å². The topological polar surface area (TPSA) is 38.8 Å². The van der Waals surface area contributed by atoms with Gasteiger partial charge in [-0.3, -0.25) is 4.79 Å². The molecule has 0 saturated heterocycles. The summed E-state index contributed by atoms with van der Waals surface area (Å²) >= 11 is 0. The maximum atomic E-state index is 13.6. The minimum absolute atomic E-state index is 0.0317. The summed E-state index contributed by atoms with van der Waals surface area (Å²) in [5.41, 5.74) is 6.75. The van der Waals surface area contributed by atoms with Crippen LogP contribution < -0.4 is 9.47 Å². The minimum atomic E-state index is -0.0317. The summed E-state index contributed by atoms with van der Waals surface area (Å²) in [6, 6.07) is 34.3. The first-order valence-corrected chi connectivity index (χ1v) is 11.8. The molecule has 1 aliphatic rings. The molecule has 0 spiro atoms. The molecule has 1 heterocycles. The average molecular weight is 474 g/mol. The molecule has 0 saturated carbocycles. The lowest BCUT2D eigenvalue weighted by molar-refractivity contribution is -0.123. The third-order valence-corrected chi connectivity index (χ3v) is 6.28. The van der Waals surface area contributed by atoms with Crippen LogP contribution in [0, 0.1) is 0 Å². The number of hydrogen-bond donors (Lipinski definition) is 0. The van der Waals surface area contributed by atoms with Gasteiger partial charge in [0, 0.05) is 5.57 Å². The molecule has 1 amide bonds. The Labute approximate surface area is 211 Å². The summed E-state index contributed by atoms with van der Waals surface area (Å²) in [5.74, 6) is 1.24. The monoisotopic (exact) mass is 473 g/mol. The Morgan fingerprint density at radius 3 is 1.97 bits per heavy atom. The normalized spacial score (nSPS) is 14.2. The van der Waals surface area contributed by atoms with Crippen LogP contribution in [0.25, 0.3) is 22.9 Å². The van der Waals surface area contributed by atoms with E-state index in [1.807, 2.05) is 83.8 Å². The molecule has 0 aliphatic carbocycles. The average Bonchev–Trinajstić information content (AvgIpc) is 3.24. The number of nitrogens with zero attached hydrogens (tertiary/aromatic N) is 1. The Morgan fingerprint density at radius 1 is 0.694 bits per heavy atom. The number of carbonyl (C=O) groups is 1. The van der Waals surface area contributed by atoms with Crippen LogP contribution in [-0.2, 0) is 11.3 Å². The zero-order valence-corrected chi connectivity index (χ0v) is 20.3. The molecule has 0 aromatic heterocycles. The molecule has 0 unspecified atom stereocenters. The molecular formula is C32H27NO3. The Kier molecular flexibility index (Phi) is 6.67. The molecule has 0 radical (unpaired) electrons. The van der Waals surface area contributed by atoms with Crippen molar-refractivity contribution in [2.45, 2.75) is 6.54 Å². The highest BCUT2D eigenvalue weighted by molar-refractivity contribution is 6.10. The van der Waals surface area contributed by atoms with Crippen LogP contribution in [0.2, 0.25) is 0 Å². The third kappa shape index (κ3) is 4.80. The first-order chi connectivity index (χ1) is 17.7. The summed E-state index contributed by atoms with van der Waals surface area (Å²) in [5, 5.41) is 0. The lowest BCUT2D eigenvalue weighted by Gasteiger charge is -2.21. The molecule has 4 aromatic rings. The van der Waals surface area contributed by atoms with Gasteiger partial charge < -0.3 is 14.4 Å². The van der Waals surface area contributed by atoms with Crippen molar-refractivity contribution in [2.75, 3.05) is 14.2 Å². The highest BCUT2D eigenvalue weighted by atomic mass is 16.5. The maximum Gasteiger partial charge on any atom is 0.258 e. The van der Waals surface area contributed by atoms with Gasteiger partial charge in [0.1, 0.15) is 0 Å². The van der Waals surface area contributed by atoms with Gasteiger partial charge in [0.15, 0.2) is 11.5 Å². The fourth-order valence-electron chi connectivity index (χ4n) is 4.40. The van der Waals surface area contributed by atoms with Gasteiger partial charge in [0.05, 0.1) is 26.5 Å². The zero-order chi connectivity index (χ0) is 24.9. The summed E-state index contributed by atoms with van der Waals surface area (Å²) in [4.78, 5) is 15.5.